The SMILES string of the molecule is Cc1ccc(S(=O)(=O)N2CCNC(=O)[C@H]2CC(=O)NC2CCCc3cc(CO)ccc32)cc1. The van der Waals surface area contributed by atoms with Crippen molar-refractivity contribution in [2.75, 3.05) is 13.1 Å². The molecule has 2 aromatic carbocycles. The standard InChI is InChI=1S/C24H29N3O5S/c1-16-5-8-19(9-6-16)33(31,32)27-12-11-25-24(30)22(27)14-23(29)26-21-4-2-3-18-13-17(15-28)7-10-20(18)21/h5-10,13,21-22,28H,2-4,11-12,14-15H2,1H3,(H,25,30)(H,26,29)/t21?,22-/m1/s1. The van der Waals surface area contributed by atoms with Crippen LogP contribution in [0.2, 0.25) is 0 Å². The first kappa shape index (κ1) is 23.4. The highest BCUT2D eigenvalue weighted by atomic mass is 32.2. The largest absolute Gasteiger partial charge is 0.392 e. The molecular weight excluding hydrogens is 442 g/mol. The summed E-state index contributed by atoms with van der Waals surface area (Å²) in [5, 5.41) is 15.1. The minimum Gasteiger partial charge on any atom is -0.392 e. The number of rotatable bonds is 6. The van der Waals surface area contributed by atoms with Crippen molar-refractivity contribution in [1.82, 2.24) is 14.9 Å². The van der Waals surface area contributed by atoms with E-state index in [0.717, 1.165) is 45.8 Å². The molecule has 2 aromatic rings. The maximum atomic E-state index is 13.2. The Morgan fingerprint density at radius 2 is 1.97 bits per heavy atom. The van der Waals surface area contributed by atoms with E-state index in [4.69, 9.17) is 0 Å². The first-order valence-electron chi connectivity index (χ1n) is 11.2. The van der Waals surface area contributed by atoms with Crippen LogP contribution in [-0.2, 0) is 32.6 Å². The van der Waals surface area contributed by atoms with Gasteiger partial charge in [0, 0.05) is 13.1 Å². The number of nitrogens with one attached hydrogen (secondary N) is 2. The first-order chi connectivity index (χ1) is 15.8. The fourth-order valence-electron chi connectivity index (χ4n) is 4.57. The maximum Gasteiger partial charge on any atom is 0.243 e. The van der Waals surface area contributed by atoms with Crippen LogP contribution in [0.25, 0.3) is 0 Å². The molecule has 0 radical (unpaired) electrons. The Morgan fingerprint density at radius 1 is 1.21 bits per heavy atom. The third-order valence-corrected chi connectivity index (χ3v) is 8.25. The van der Waals surface area contributed by atoms with Gasteiger partial charge in [0.05, 0.1) is 24.0 Å². The molecule has 176 valence electrons. The summed E-state index contributed by atoms with van der Waals surface area (Å²) in [4.78, 5) is 25.7. The van der Waals surface area contributed by atoms with Crippen LogP contribution in [-0.4, -0.2) is 48.8 Å². The Kier molecular flexibility index (Phi) is 6.83. The summed E-state index contributed by atoms with van der Waals surface area (Å²) in [6.07, 6.45) is 2.28. The third-order valence-electron chi connectivity index (χ3n) is 6.33. The van der Waals surface area contributed by atoms with Gasteiger partial charge in [-0.2, -0.15) is 4.31 Å². The van der Waals surface area contributed by atoms with E-state index in [2.05, 4.69) is 10.6 Å². The highest BCUT2D eigenvalue weighted by Crippen LogP contribution is 2.31. The average molecular weight is 472 g/mol. The normalized spacial score (nSPS) is 21.2. The number of aliphatic hydroxyl groups is 1. The molecule has 0 spiro atoms. The summed E-state index contributed by atoms with van der Waals surface area (Å²) in [6.45, 7) is 2.14. The Bertz CT molecular complexity index is 1150. The summed E-state index contributed by atoms with van der Waals surface area (Å²) in [5.74, 6) is -0.839. The van der Waals surface area contributed by atoms with E-state index in [0.29, 0.717) is 0 Å². The number of nitrogens with zero attached hydrogens (tertiary/aromatic N) is 1. The topological polar surface area (TPSA) is 116 Å². The number of amides is 2. The predicted octanol–water partition coefficient (Wildman–Crippen LogP) is 1.56. The van der Waals surface area contributed by atoms with E-state index in [-0.39, 0.29) is 43.0 Å². The molecule has 33 heavy (non-hydrogen) atoms. The Morgan fingerprint density at radius 3 is 2.70 bits per heavy atom. The molecule has 1 aliphatic carbocycles. The van der Waals surface area contributed by atoms with Crippen molar-refractivity contribution in [3.63, 3.8) is 0 Å². The first-order valence-corrected chi connectivity index (χ1v) is 12.6. The van der Waals surface area contributed by atoms with Crippen molar-refractivity contribution in [2.24, 2.45) is 0 Å². The van der Waals surface area contributed by atoms with Gasteiger partial charge >= 0.3 is 0 Å². The average Bonchev–Trinajstić information content (AvgIpc) is 2.80. The number of sulfonamides is 1. The van der Waals surface area contributed by atoms with E-state index in [1.54, 1.807) is 12.1 Å². The van der Waals surface area contributed by atoms with E-state index in [1.807, 2.05) is 25.1 Å². The lowest BCUT2D eigenvalue weighted by atomic mass is 9.86. The number of aryl methyl sites for hydroxylation is 2. The maximum absolute atomic E-state index is 13.2. The summed E-state index contributed by atoms with van der Waals surface area (Å²) in [5.41, 5.74) is 3.86. The Hall–Kier alpha value is -2.75. The molecule has 0 aromatic heterocycles. The van der Waals surface area contributed by atoms with Crippen LogP contribution in [0.3, 0.4) is 0 Å². The van der Waals surface area contributed by atoms with Crippen LogP contribution in [0, 0.1) is 6.92 Å². The highest BCUT2D eigenvalue weighted by Gasteiger charge is 2.40. The quantitative estimate of drug-likeness (QED) is 0.591. The second kappa shape index (κ2) is 9.62. The molecule has 2 aliphatic rings. The molecule has 1 aliphatic heterocycles. The lowest BCUT2D eigenvalue weighted by Crippen LogP contribution is -2.58. The number of piperazine rings is 1. The van der Waals surface area contributed by atoms with Crippen molar-refractivity contribution >= 4 is 21.8 Å². The summed E-state index contributed by atoms with van der Waals surface area (Å²) in [7, 11) is -3.93. The second-order valence-corrected chi connectivity index (χ2v) is 10.5. The van der Waals surface area contributed by atoms with E-state index < -0.39 is 22.0 Å². The van der Waals surface area contributed by atoms with Crippen molar-refractivity contribution in [2.45, 2.75) is 56.2 Å². The Balaban J connectivity index is 1.51. The fraction of sp³-hybridized carbons (Fsp3) is 0.417. The molecule has 4 rings (SSSR count). The molecule has 1 fully saturated rings. The summed E-state index contributed by atoms with van der Waals surface area (Å²) in [6, 6.07) is 10.9. The molecule has 3 N–H and O–H groups in total. The van der Waals surface area contributed by atoms with Crippen LogP contribution in [0.5, 0.6) is 0 Å². The van der Waals surface area contributed by atoms with E-state index >= 15 is 0 Å². The molecule has 1 unspecified atom stereocenters. The van der Waals surface area contributed by atoms with Crippen LogP contribution in [0.4, 0.5) is 0 Å². The third kappa shape index (κ3) is 4.95. The summed E-state index contributed by atoms with van der Waals surface area (Å²) < 4.78 is 27.6. The molecule has 8 nitrogen and oxygen atoms in total. The minimum absolute atomic E-state index is 0.0353. The van der Waals surface area contributed by atoms with Gasteiger partial charge < -0.3 is 15.7 Å². The van der Waals surface area contributed by atoms with Gasteiger partial charge in [0.25, 0.3) is 0 Å². The lowest BCUT2D eigenvalue weighted by molar-refractivity contribution is -0.132. The number of benzene rings is 2. The van der Waals surface area contributed by atoms with E-state index in [1.165, 1.54) is 12.1 Å². The number of carbonyl (C=O) groups excluding carboxylic acids is 2. The van der Waals surface area contributed by atoms with Crippen LogP contribution >= 0.6 is 0 Å². The molecule has 1 saturated heterocycles. The van der Waals surface area contributed by atoms with Crippen molar-refractivity contribution < 1.29 is 23.1 Å². The van der Waals surface area contributed by atoms with Crippen LogP contribution in [0.15, 0.2) is 47.4 Å². The van der Waals surface area contributed by atoms with Crippen LogP contribution < -0.4 is 10.6 Å². The molecular formula is C24H29N3O5S. The van der Waals surface area contributed by atoms with Crippen molar-refractivity contribution in [1.29, 1.82) is 0 Å². The van der Waals surface area contributed by atoms with Crippen LogP contribution in [0.1, 0.15) is 47.6 Å². The highest BCUT2D eigenvalue weighted by molar-refractivity contribution is 7.89. The van der Waals surface area contributed by atoms with Gasteiger partial charge in [-0.25, -0.2) is 8.42 Å². The zero-order valence-corrected chi connectivity index (χ0v) is 19.4. The van der Waals surface area contributed by atoms with Crippen molar-refractivity contribution in [3.8, 4) is 0 Å². The zero-order valence-electron chi connectivity index (χ0n) is 18.6. The van der Waals surface area contributed by atoms with Crippen molar-refractivity contribution in [3.05, 3.63) is 64.7 Å². The van der Waals surface area contributed by atoms with Gasteiger partial charge in [-0.1, -0.05) is 35.9 Å². The van der Waals surface area contributed by atoms with Gasteiger partial charge in [-0.15, -0.1) is 0 Å². The lowest BCUT2D eigenvalue weighted by Gasteiger charge is -2.34. The molecule has 0 bridgehead atoms. The number of fused-ring (bicyclic) bond motifs is 1. The van der Waals surface area contributed by atoms with Gasteiger partial charge in [0.1, 0.15) is 6.04 Å². The van der Waals surface area contributed by atoms with Gasteiger partial charge in [-0.3, -0.25) is 9.59 Å². The summed E-state index contributed by atoms with van der Waals surface area (Å²) >= 11 is 0. The van der Waals surface area contributed by atoms with Gasteiger partial charge in [0.15, 0.2) is 0 Å². The molecule has 9 heteroatoms. The molecule has 0 saturated carbocycles. The minimum atomic E-state index is -3.93. The monoisotopic (exact) mass is 471 g/mol. The fourth-order valence-corrected chi connectivity index (χ4v) is 6.15. The number of hydrogen-bond donors (Lipinski definition) is 3. The smallest absolute Gasteiger partial charge is 0.243 e. The number of carbonyl (C=O) groups is 2. The van der Waals surface area contributed by atoms with Gasteiger partial charge in [0.2, 0.25) is 21.8 Å². The number of aliphatic hydroxyl groups excluding tert-OH is 1. The number of hydrogen-bond acceptors (Lipinski definition) is 5. The van der Waals surface area contributed by atoms with Gasteiger partial charge in [-0.05, 0) is 55.0 Å². The van der Waals surface area contributed by atoms with E-state index in [9.17, 15) is 23.1 Å². The predicted molar refractivity (Wildman–Crippen MR) is 123 cm³/mol. The second-order valence-electron chi connectivity index (χ2n) is 8.64. The Labute approximate surface area is 194 Å². The molecule has 1 heterocycles. The molecule has 2 amide bonds. The zero-order chi connectivity index (χ0) is 23.6. The molecule has 2 atom stereocenters.